The van der Waals surface area contributed by atoms with Crippen LogP contribution in [0.2, 0.25) is 0 Å². The van der Waals surface area contributed by atoms with Crippen molar-refractivity contribution >= 4 is 5.97 Å². The van der Waals surface area contributed by atoms with Crippen molar-refractivity contribution < 1.29 is 23.7 Å². The molecule has 0 spiro atoms. The van der Waals surface area contributed by atoms with Gasteiger partial charge in [-0.1, -0.05) is 97.1 Å². The Morgan fingerprint density at radius 1 is 0.674 bits per heavy atom. The predicted molar refractivity (Wildman–Crippen MR) is 179 cm³/mol. The highest BCUT2D eigenvalue weighted by Crippen LogP contribution is 2.35. The van der Waals surface area contributed by atoms with Gasteiger partial charge >= 0.3 is 5.97 Å². The van der Waals surface area contributed by atoms with Crippen LogP contribution in [0.4, 0.5) is 0 Å². The van der Waals surface area contributed by atoms with Crippen LogP contribution in [0.5, 0.6) is 17.5 Å². The Labute approximate surface area is 271 Å². The van der Waals surface area contributed by atoms with Crippen LogP contribution >= 0.6 is 0 Å². The summed E-state index contributed by atoms with van der Waals surface area (Å²) >= 11 is 0. The van der Waals surface area contributed by atoms with Crippen molar-refractivity contribution in [3.8, 4) is 28.6 Å². The van der Waals surface area contributed by atoms with E-state index in [1.165, 1.54) is 0 Å². The van der Waals surface area contributed by atoms with Crippen molar-refractivity contribution in [3.63, 3.8) is 0 Å². The molecule has 0 amide bonds. The summed E-state index contributed by atoms with van der Waals surface area (Å²) in [7, 11) is 0. The van der Waals surface area contributed by atoms with E-state index in [0.29, 0.717) is 31.6 Å². The van der Waals surface area contributed by atoms with Crippen LogP contribution in [-0.2, 0) is 29.4 Å². The topological polar surface area (TPSA) is 66.9 Å². The van der Waals surface area contributed by atoms with Crippen LogP contribution < -0.4 is 14.2 Å². The third kappa shape index (κ3) is 8.33. The first-order valence-corrected chi connectivity index (χ1v) is 15.9. The number of nitrogens with zero attached hydrogens (tertiary/aromatic N) is 1. The number of carbonyl (C=O) groups is 1. The summed E-state index contributed by atoms with van der Waals surface area (Å²) in [6, 6.07) is 40.0. The Kier molecular flexibility index (Phi) is 10.3. The van der Waals surface area contributed by atoms with Crippen LogP contribution in [0.3, 0.4) is 0 Å². The molecule has 0 N–H and O–H groups in total. The number of aromatic nitrogens is 1. The quantitative estimate of drug-likeness (QED) is 0.131. The smallest absolute Gasteiger partial charge is 0.309 e. The summed E-state index contributed by atoms with van der Waals surface area (Å²) in [5.74, 6) is 1.68. The molecule has 1 heterocycles. The largest absolute Gasteiger partial charge is 0.490 e. The molecule has 4 aromatic carbocycles. The Morgan fingerprint density at radius 3 is 1.87 bits per heavy atom. The van der Waals surface area contributed by atoms with Crippen molar-refractivity contribution in [1.82, 2.24) is 4.98 Å². The molecule has 1 aliphatic rings. The van der Waals surface area contributed by atoms with E-state index in [0.717, 1.165) is 64.8 Å². The zero-order valence-electron chi connectivity index (χ0n) is 26.1. The van der Waals surface area contributed by atoms with Crippen molar-refractivity contribution in [3.05, 3.63) is 144 Å². The van der Waals surface area contributed by atoms with Gasteiger partial charge in [-0.2, -0.15) is 4.98 Å². The standard InChI is InChI=1S/C40H39NO5/c1-29-25-34(19-23-37(29)46-35-20-17-33(18-21-35)40(42)45-28-32-15-9-4-10-16-32)36-22-24-38(43-26-30-11-5-2-6-12-30)41-39(36)44-27-31-13-7-3-8-14-31/h2-16,19,22-25,33,35H,17-18,20-21,26-28H2,1H3/t33-,35-. The van der Waals surface area contributed by atoms with Gasteiger partial charge in [0.05, 0.1) is 12.0 Å². The number of aryl methyl sites for hydroxylation is 1. The maximum absolute atomic E-state index is 12.7. The number of rotatable bonds is 12. The van der Waals surface area contributed by atoms with Crippen molar-refractivity contribution in [2.45, 2.75) is 58.5 Å². The fraction of sp³-hybridized carbons (Fsp3) is 0.250. The van der Waals surface area contributed by atoms with Gasteiger partial charge in [0.25, 0.3) is 0 Å². The molecule has 1 aliphatic carbocycles. The molecule has 6 nitrogen and oxygen atoms in total. The fourth-order valence-corrected chi connectivity index (χ4v) is 5.68. The molecular formula is C40H39NO5. The second-order valence-electron chi connectivity index (χ2n) is 11.7. The summed E-state index contributed by atoms with van der Waals surface area (Å²) in [6.07, 6.45) is 3.23. The molecule has 1 aromatic heterocycles. The van der Waals surface area contributed by atoms with E-state index in [4.69, 9.17) is 23.9 Å². The van der Waals surface area contributed by atoms with Gasteiger partial charge in [0.1, 0.15) is 25.6 Å². The SMILES string of the molecule is Cc1cc(-c2ccc(OCc3ccccc3)nc2OCc2ccccc2)ccc1O[C@H]1CC[C@H](C(=O)OCc2ccccc2)CC1. The monoisotopic (exact) mass is 613 g/mol. The first kappa shape index (κ1) is 30.9. The molecule has 1 saturated carbocycles. The summed E-state index contributed by atoms with van der Waals surface area (Å²) in [4.78, 5) is 17.4. The summed E-state index contributed by atoms with van der Waals surface area (Å²) in [5, 5.41) is 0. The lowest BCUT2D eigenvalue weighted by Gasteiger charge is -2.28. The summed E-state index contributed by atoms with van der Waals surface area (Å²) in [6.45, 7) is 3.19. The number of esters is 1. The molecular weight excluding hydrogens is 574 g/mol. The van der Waals surface area contributed by atoms with Crippen molar-refractivity contribution in [1.29, 1.82) is 0 Å². The van der Waals surface area contributed by atoms with E-state index in [1.807, 2.05) is 115 Å². The number of benzene rings is 4. The van der Waals surface area contributed by atoms with Gasteiger partial charge < -0.3 is 18.9 Å². The third-order valence-corrected chi connectivity index (χ3v) is 8.29. The molecule has 6 heteroatoms. The maximum atomic E-state index is 12.7. The number of pyridine rings is 1. The molecule has 234 valence electrons. The van der Waals surface area contributed by atoms with Gasteiger partial charge in [-0.25, -0.2) is 0 Å². The van der Waals surface area contributed by atoms with Gasteiger partial charge in [0.2, 0.25) is 11.8 Å². The first-order valence-electron chi connectivity index (χ1n) is 15.9. The number of ether oxygens (including phenoxy) is 4. The predicted octanol–water partition coefficient (Wildman–Crippen LogP) is 8.90. The number of hydrogen-bond acceptors (Lipinski definition) is 6. The third-order valence-electron chi connectivity index (χ3n) is 8.29. The first-order chi connectivity index (χ1) is 22.6. The molecule has 0 unspecified atom stereocenters. The zero-order valence-corrected chi connectivity index (χ0v) is 26.1. The van der Waals surface area contributed by atoms with E-state index in [2.05, 4.69) is 13.0 Å². The highest BCUT2D eigenvalue weighted by Gasteiger charge is 2.28. The Balaban J connectivity index is 1.09. The molecule has 0 aliphatic heterocycles. The van der Waals surface area contributed by atoms with Crippen LogP contribution in [-0.4, -0.2) is 17.1 Å². The fourth-order valence-electron chi connectivity index (χ4n) is 5.68. The van der Waals surface area contributed by atoms with Crippen LogP contribution in [0.25, 0.3) is 11.1 Å². The van der Waals surface area contributed by atoms with Gasteiger partial charge in [0.15, 0.2) is 0 Å². The molecule has 5 aromatic rings. The van der Waals surface area contributed by atoms with Crippen LogP contribution in [0.15, 0.2) is 121 Å². The molecule has 1 fully saturated rings. The van der Waals surface area contributed by atoms with E-state index in [-0.39, 0.29) is 18.0 Å². The van der Waals surface area contributed by atoms with Crippen molar-refractivity contribution in [2.75, 3.05) is 0 Å². The lowest BCUT2D eigenvalue weighted by Crippen LogP contribution is -2.29. The van der Waals surface area contributed by atoms with Crippen LogP contribution in [0, 0.1) is 12.8 Å². The molecule has 0 bridgehead atoms. The minimum Gasteiger partial charge on any atom is -0.490 e. The van der Waals surface area contributed by atoms with Crippen molar-refractivity contribution in [2.24, 2.45) is 5.92 Å². The Hall–Kier alpha value is -5.10. The minimum absolute atomic E-state index is 0.0650. The lowest BCUT2D eigenvalue weighted by molar-refractivity contribution is -0.151. The maximum Gasteiger partial charge on any atom is 0.309 e. The zero-order chi connectivity index (χ0) is 31.6. The molecule has 0 atom stereocenters. The van der Waals surface area contributed by atoms with Gasteiger partial charge in [0, 0.05) is 11.6 Å². The van der Waals surface area contributed by atoms with Crippen LogP contribution in [0.1, 0.15) is 47.9 Å². The normalized spacial score (nSPS) is 15.9. The molecule has 6 rings (SSSR count). The molecule has 0 saturated heterocycles. The van der Waals surface area contributed by atoms with E-state index in [9.17, 15) is 4.79 Å². The van der Waals surface area contributed by atoms with E-state index in [1.54, 1.807) is 0 Å². The highest BCUT2D eigenvalue weighted by molar-refractivity contribution is 5.72. The Morgan fingerprint density at radius 2 is 1.26 bits per heavy atom. The Bertz CT molecular complexity index is 1700. The number of carbonyl (C=O) groups excluding carboxylic acids is 1. The second-order valence-corrected chi connectivity index (χ2v) is 11.7. The van der Waals surface area contributed by atoms with Gasteiger partial charge in [-0.15, -0.1) is 0 Å². The minimum atomic E-state index is -0.113. The van der Waals surface area contributed by atoms with E-state index >= 15 is 0 Å². The highest BCUT2D eigenvalue weighted by atomic mass is 16.5. The summed E-state index contributed by atoms with van der Waals surface area (Å²) in [5.41, 5.74) is 6.03. The molecule has 0 radical (unpaired) electrons. The summed E-state index contributed by atoms with van der Waals surface area (Å²) < 4.78 is 24.3. The second kappa shape index (κ2) is 15.3. The molecule has 46 heavy (non-hydrogen) atoms. The van der Waals surface area contributed by atoms with E-state index < -0.39 is 0 Å². The van der Waals surface area contributed by atoms with Gasteiger partial charge in [-0.3, -0.25) is 4.79 Å². The average molecular weight is 614 g/mol. The van der Waals surface area contributed by atoms with Gasteiger partial charge in [-0.05, 0) is 78.6 Å². The lowest BCUT2D eigenvalue weighted by atomic mass is 9.87. The average Bonchev–Trinajstić information content (AvgIpc) is 3.11. The number of hydrogen-bond donors (Lipinski definition) is 0.